The highest BCUT2D eigenvalue weighted by Gasteiger charge is 2.19. The summed E-state index contributed by atoms with van der Waals surface area (Å²) in [6.07, 6.45) is 0. The smallest absolute Gasteiger partial charge is 0.262 e. The van der Waals surface area contributed by atoms with Crippen molar-refractivity contribution in [3.05, 3.63) is 41.7 Å². The molecule has 0 unspecified atom stereocenters. The topological polar surface area (TPSA) is 70.6 Å². The number of carbonyl (C=O) groups excluding carboxylic acids is 1. The van der Waals surface area contributed by atoms with Crippen molar-refractivity contribution in [2.24, 2.45) is 0 Å². The molecule has 26 heavy (non-hydrogen) atoms. The van der Waals surface area contributed by atoms with Crippen molar-refractivity contribution in [3.8, 4) is 5.75 Å². The Morgan fingerprint density at radius 2 is 1.69 bits per heavy atom. The number of nitrogens with zero attached hydrogens (tertiary/aromatic N) is 4. The van der Waals surface area contributed by atoms with Crippen LogP contribution in [0.2, 0.25) is 0 Å². The van der Waals surface area contributed by atoms with Gasteiger partial charge in [-0.05, 0) is 33.0 Å². The monoisotopic (exact) mass is 355 g/mol. The van der Waals surface area contributed by atoms with Gasteiger partial charge in [0.05, 0.1) is 17.1 Å². The van der Waals surface area contributed by atoms with Gasteiger partial charge in [0.15, 0.2) is 6.61 Å². The summed E-state index contributed by atoms with van der Waals surface area (Å²) in [5, 5.41) is 2.87. The minimum atomic E-state index is -0.226. The Morgan fingerprint density at radius 3 is 2.31 bits per heavy atom. The van der Waals surface area contributed by atoms with E-state index >= 15 is 0 Å². The number of hydrogen-bond acceptors (Lipinski definition) is 6. The van der Waals surface area contributed by atoms with E-state index in [0.29, 0.717) is 11.4 Å². The van der Waals surface area contributed by atoms with E-state index in [1.54, 1.807) is 0 Å². The molecular weight excluding hydrogens is 330 g/mol. The van der Waals surface area contributed by atoms with E-state index in [-0.39, 0.29) is 12.5 Å². The van der Waals surface area contributed by atoms with Gasteiger partial charge >= 0.3 is 0 Å². The second-order valence-corrected chi connectivity index (χ2v) is 6.51. The highest BCUT2D eigenvalue weighted by molar-refractivity contribution is 5.93. The average Bonchev–Trinajstić information content (AvgIpc) is 2.64. The molecule has 1 fully saturated rings. The fourth-order valence-electron chi connectivity index (χ4n) is 2.87. The number of benzene rings is 1. The molecule has 1 N–H and O–H groups in total. The largest absolute Gasteiger partial charge is 0.484 e. The van der Waals surface area contributed by atoms with Crippen molar-refractivity contribution in [1.29, 1.82) is 0 Å². The maximum atomic E-state index is 12.2. The van der Waals surface area contributed by atoms with Crippen LogP contribution in [-0.4, -0.2) is 60.6 Å². The molecule has 0 bridgehead atoms. The molecule has 7 nitrogen and oxygen atoms in total. The van der Waals surface area contributed by atoms with Gasteiger partial charge in [-0.15, -0.1) is 0 Å². The Morgan fingerprint density at radius 1 is 1.08 bits per heavy atom. The first-order valence-electron chi connectivity index (χ1n) is 8.79. The van der Waals surface area contributed by atoms with Gasteiger partial charge in [-0.2, -0.15) is 0 Å². The Bertz CT molecular complexity index is 735. The highest BCUT2D eigenvalue weighted by atomic mass is 16.5. The van der Waals surface area contributed by atoms with E-state index < -0.39 is 0 Å². The first kappa shape index (κ1) is 18.1. The van der Waals surface area contributed by atoms with Gasteiger partial charge in [0, 0.05) is 26.2 Å². The molecule has 1 saturated heterocycles. The van der Waals surface area contributed by atoms with Crippen molar-refractivity contribution in [3.63, 3.8) is 0 Å². The summed E-state index contributed by atoms with van der Waals surface area (Å²) in [4.78, 5) is 25.9. The first-order valence-corrected chi connectivity index (χ1v) is 8.79. The zero-order valence-electron chi connectivity index (χ0n) is 15.5. The number of rotatable bonds is 5. The standard InChI is InChI=1S/C19H25N5O2/c1-14-18(22-17(25)13-26-16-7-5-4-6-8-16)15(2)21-19(20-14)24-11-9-23(3)10-12-24/h4-8H,9-13H2,1-3H3,(H,22,25). The molecule has 7 heteroatoms. The third-order valence-electron chi connectivity index (χ3n) is 4.42. The lowest BCUT2D eigenvalue weighted by Gasteiger charge is -2.32. The fourth-order valence-corrected chi connectivity index (χ4v) is 2.87. The fraction of sp³-hybridized carbons (Fsp3) is 0.421. The van der Waals surface area contributed by atoms with Crippen LogP contribution in [0.5, 0.6) is 5.75 Å². The number of ether oxygens (including phenoxy) is 1. The summed E-state index contributed by atoms with van der Waals surface area (Å²) in [7, 11) is 2.12. The summed E-state index contributed by atoms with van der Waals surface area (Å²) in [5.41, 5.74) is 2.18. The van der Waals surface area contributed by atoms with Crippen LogP contribution >= 0.6 is 0 Å². The van der Waals surface area contributed by atoms with Crippen LogP contribution in [-0.2, 0) is 4.79 Å². The van der Waals surface area contributed by atoms with E-state index in [9.17, 15) is 4.79 Å². The predicted molar refractivity (Wildman–Crippen MR) is 102 cm³/mol. The number of aryl methyl sites for hydroxylation is 2. The van der Waals surface area contributed by atoms with Crippen LogP contribution in [0, 0.1) is 13.8 Å². The number of para-hydroxylation sites is 1. The third-order valence-corrected chi connectivity index (χ3v) is 4.42. The number of hydrogen-bond donors (Lipinski definition) is 1. The summed E-state index contributed by atoms with van der Waals surface area (Å²) in [6, 6.07) is 9.27. The Balaban J connectivity index is 1.63. The maximum Gasteiger partial charge on any atom is 0.262 e. The Kier molecular flexibility index (Phi) is 5.68. The molecule has 1 aromatic heterocycles. The van der Waals surface area contributed by atoms with E-state index in [1.165, 1.54) is 0 Å². The molecular formula is C19H25N5O2. The van der Waals surface area contributed by atoms with Gasteiger partial charge in [-0.1, -0.05) is 18.2 Å². The molecule has 1 amide bonds. The van der Waals surface area contributed by atoms with E-state index in [2.05, 4.69) is 32.1 Å². The molecule has 0 aliphatic carbocycles. The van der Waals surface area contributed by atoms with Crippen LogP contribution in [0.1, 0.15) is 11.4 Å². The molecule has 0 atom stereocenters. The van der Waals surface area contributed by atoms with Crippen molar-refractivity contribution in [1.82, 2.24) is 14.9 Å². The van der Waals surface area contributed by atoms with Crippen LogP contribution in [0.4, 0.5) is 11.6 Å². The Labute approximate surface area is 154 Å². The lowest BCUT2D eigenvalue weighted by molar-refractivity contribution is -0.118. The van der Waals surface area contributed by atoms with Crippen molar-refractivity contribution in [2.45, 2.75) is 13.8 Å². The number of amides is 1. The van der Waals surface area contributed by atoms with Crippen LogP contribution in [0.3, 0.4) is 0 Å². The molecule has 0 radical (unpaired) electrons. The molecule has 3 rings (SSSR count). The number of likely N-dealkylation sites (N-methyl/N-ethyl adjacent to an activating group) is 1. The summed E-state index contributed by atoms with van der Waals surface area (Å²) >= 11 is 0. The van der Waals surface area contributed by atoms with Gasteiger partial charge < -0.3 is 19.9 Å². The molecule has 2 aromatic rings. The number of piperazine rings is 1. The number of anilines is 2. The van der Waals surface area contributed by atoms with Gasteiger partial charge in [0.1, 0.15) is 5.75 Å². The second kappa shape index (κ2) is 8.14. The minimum absolute atomic E-state index is 0.0525. The molecule has 0 spiro atoms. The lowest BCUT2D eigenvalue weighted by atomic mass is 10.2. The summed E-state index contributed by atoms with van der Waals surface area (Å²) in [6.45, 7) is 7.54. The van der Waals surface area contributed by atoms with Gasteiger partial charge in [-0.3, -0.25) is 4.79 Å². The molecule has 1 aliphatic heterocycles. The van der Waals surface area contributed by atoms with E-state index in [0.717, 1.165) is 43.5 Å². The van der Waals surface area contributed by atoms with Gasteiger partial charge in [0.2, 0.25) is 5.95 Å². The average molecular weight is 355 g/mol. The van der Waals surface area contributed by atoms with Crippen molar-refractivity contribution < 1.29 is 9.53 Å². The SMILES string of the molecule is Cc1nc(N2CCN(C)CC2)nc(C)c1NC(=O)COc1ccccc1. The number of nitrogens with one attached hydrogen (secondary N) is 1. The zero-order valence-corrected chi connectivity index (χ0v) is 15.5. The van der Waals surface area contributed by atoms with Gasteiger partial charge in [-0.25, -0.2) is 9.97 Å². The third kappa shape index (κ3) is 4.49. The zero-order chi connectivity index (χ0) is 18.5. The summed E-state index contributed by atoms with van der Waals surface area (Å²) < 4.78 is 5.48. The quantitative estimate of drug-likeness (QED) is 0.883. The maximum absolute atomic E-state index is 12.2. The van der Waals surface area contributed by atoms with Crippen LogP contribution in [0.15, 0.2) is 30.3 Å². The highest BCUT2D eigenvalue weighted by Crippen LogP contribution is 2.21. The van der Waals surface area contributed by atoms with Crippen molar-refractivity contribution >= 4 is 17.5 Å². The van der Waals surface area contributed by atoms with Crippen LogP contribution < -0.4 is 15.0 Å². The second-order valence-electron chi connectivity index (χ2n) is 6.51. The normalized spacial score (nSPS) is 15.0. The number of carbonyl (C=O) groups is 1. The Hall–Kier alpha value is -2.67. The molecule has 1 aromatic carbocycles. The molecule has 138 valence electrons. The molecule has 0 saturated carbocycles. The number of aromatic nitrogens is 2. The molecule has 1 aliphatic rings. The lowest BCUT2D eigenvalue weighted by Crippen LogP contribution is -2.45. The van der Waals surface area contributed by atoms with Crippen LogP contribution in [0.25, 0.3) is 0 Å². The summed E-state index contributed by atoms with van der Waals surface area (Å²) in [5.74, 6) is 1.17. The molecule has 2 heterocycles. The van der Waals surface area contributed by atoms with E-state index in [1.807, 2.05) is 44.2 Å². The minimum Gasteiger partial charge on any atom is -0.484 e. The van der Waals surface area contributed by atoms with Gasteiger partial charge in [0.25, 0.3) is 5.91 Å². The van der Waals surface area contributed by atoms with E-state index in [4.69, 9.17) is 4.74 Å². The first-order chi connectivity index (χ1) is 12.5. The van der Waals surface area contributed by atoms with Crippen molar-refractivity contribution in [2.75, 3.05) is 50.1 Å². The predicted octanol–water partition coefficient (Wildman–Crippen LogP) is 1.86.